The number of benzene rings is 2. The summed E-state index contributed by atoms with van der Waals surface area (Å²) >= 11 is 5.71. The molecule has 3 aliphatic carbocycles. The molecule has 2 saturated heterocycles. The maximum atomic E-state index is 14.1. The number of anilines is 1. The largest absolute Gasteiger partial charge is 0.394 e. The number of hydrogen-bond donors (Lipinski definition) is 3. The zero-order valence-corrected chi connectivity index (χ0v) is 29.0. The van der Waals surface area contributed by atoms with Crippen LogP contribution >= 0.6 is 12.2 Å². The minimum absolute atomic E-state index is 0.0368. The van der Waals surface area contributed by atoms with Crippen molar-refractivity contribution in [2.24, 2.45) is 35.0 Å². The number of amides is 1. The van der Waals surface area contributed by atoms with Crippen molar-refractivity contribution in [3.8, 4) is 0 Å². The SMILES string of the molecule is CC(C)[C@@H]1[C@H](CO)ON(Cc2cccc(N3CCN(C(=S)NCc4ccccc4)CC3)c2)[C@@H]1C(=O)N[C@H]1C[C@H]2C[C@@H]([C@@H]1C)C2(C)C. The quantitative estimate of drug-likeness (QED) is 0.335. The normalized spacial score (nSPS) is 30.6. The van der Waals surface area contributed by atoms with Crippen molar-refractivity contribution in [2.45, 2.75) is 78.7 Å². The molecule has 7 atom stereocenters. The van der Waals surface area contributed by atoms with Crippen molar-refractivity contribution in [3.63, 3.8) is 0 Å². The van der Waals surface area contributed by atoms with Gasteiger partial charge in [-0.15, -0.1) is 0 Å². The van der Waals surface area contributed by atoms with Crippen LogP contribution in [0.3, 0.4) is 0 Å². The van der Waals surface area contributed by atoms with Crippen LogP contribution in [-0.4, -0.2) is 77.1 Å². The van der Waals surface area contributed by atoms with Gasteiger partial charge in [0.2, 0.25) is 5.91 Å². The Morgan fingerprint density at radius 3 is 2.41 bits per heavy atom. The van der Waals surface area contributed by atoms with Gasteiger partial charge in [-0.25, -0.2) is 0 Å². The first-order chi connectivity index (χ1) is 22.1. The van der Waals surface area contributed by atoms with Crippen LogP contribution in [0.2, 0.25) is 0 Å². The van der Waals surface area contributed by atoms with E-state index in [1.165, 1.54) is 12.0 Å². The van der Waals surface area contributed by atoms with Crippen LogP contribution in [0.25, 0.3) is 0 Å². The van der Waals surface area contributed by atoms with Crippen LogP contribution in [0.1, 0.15) is 58.6 Å². The van der Waals surface area contributed by atoms with Crippen molar-refractivity contribution in [3.05, 3.63) is 65.7 Å². The summed E-state index contributed by atoms with van der Waals surface area (Å²) in [5.74, 6) is 1.91. The summed E-state index contributed by atoms with van der Waals surface area (Å²) in [6, 6.07) is 18.6. The van der Waals surface area contributed by atoms with E-state index in [9.17, 15) is 9.90 Å². The molecule has 0 aromatic heterocycles. The number of thiocarbonyl (C=S) groups is 1. The van der Waals surface area contributed by atoms with Crippen LogP contribution in [0, 0.1) is 35.0 Å². The van der Waals surface area contributed by atoms with E-state index in [-0.39, 0.29) is 30.4 Å². The van der Waals surface area contributed by atoms with Crippen LogP contribution in [-0.2, 0) is 22.7 Å². The molecule has 3 N–H and O–H groups in total. The molecule has 5 aliphatic rings. The topological polar surface area (TPSA) is 80.3 Å². The lowest BCUT2D eigenvalue weighted by Gasteiger charge is -2.62. The number of aliphatic hydroxyl groups is 1. The lowest BCUT2D eigenvalue weighted by atomic mass is 9.45. The molecule has 0 unspecified atom stereocenters. The monoisotopic (exact) mass is 647 g/mol. The lowest BCUT2D eigenvalue weighted by molar-refractivity contribution is -0.183. The van der Waals surface area contributed by atoms with E-state index in [0.29, 0.717) is 29.7 Å². The molecule has 5 fully saturated rings. The fraction of sp³-hybridized carbons (Fsp3) is 0.622. The number of piperazine rings is 1. The fourth-order valence-corrected chi connectivity index (χ4v) is 9.04. The number of nitrogens with zero attached hydrogens (tertiary/aromatic N) is 3. The molecule has 2 aromatic rings. The molecule has 0 radical (unpaired) electrons. The second-order valence-corrected chi connectivity index (χ2v) is 15.4. The maximum absolute atomic E-state index is 14.1. The lowest BCUT2D eigenvalue weighted by Crippen LogP contribution is -2.62. The zero-order valence-electron chi connectivity index (χ0n) is 28.2. The highest BCUT2D eigenvalue weighted by atomic mass is 32.1. The molecule has 9 heteroatoms. The molecule has 2 aliphatic heterocycles. The number of nitrogens with one attached hydrogen (secondary N) is 2. The van der Waals surface area contributed by atoms with E-state index in [1.54, 1.807) is 0 Å². The van der Waals surface area contributed by atoms with E-state index in [2.05, 4.69) is 91.5 Å². The molecule has 3 saturated carbocycles. The van der Waals surface area contributed by atoms with E-state index in [4.69, 9.17) is 17.1 Å². The molecular formula is C37H53N5O3S. The Kier molecular flexibility index (Phi) is 9.95. The van der Waals surface area contributed by atoms with Crippen molar-refractivity contribution < 1.29 is 14.7 Å². The van der Waals surface area contributed by atoms with Gasteiger partial charge in [-0.05, 0) is 77.4 Å². The summed E-state index contributed by atoms with van der Waals surface area (Å²) in [6.07, 6.45) is 1.93. The summed E-state index contributed by atoms with van der Waals surface area (Å²) in [5, 5.41) is 19.8. The molecule has 46 heavy (non-hydrogen) atoms. The van der Waals surface area contributed by atoms with E-state index in [0.717, 1.165) is 55.5 Å². The fourth-order valence-electron chi connectivity index (χ4n) is 8.79. The Bertz CT molecular complexity index is 1360. The highest BCUT2D eigenvalue weighted by Gasteiger charge is 2.57. The number of hydroxylamine groups is 2. The number of hydrogen-bond acceptors (Lipinski definition) is 6. The van der Waals surface area contributed by atoms with Crippen LogP contribution in [0.5, 0.6) is 0 Å². The average molecular weight is 648 g/mol. The summed E-state index contributed by atoms with van der Waals surface area (Å²) in [6.45, 7) is 15.9. The molecule has 2 heterocycles. The number of carbonyl (C=O) groups is 1. The molecule has 8 nitrogen and oxygen atoms in total. The highest BCUT2D eigenvalue weighted by Crippen LogP contribution is 2.61. The Balaban J connectivity index is 1.09. The van der Waals surface area contributed by atoms with Crippen LogP contribution in [0.15, 0.2) is 54.6 Å². The standard InChI is InChI=1S/C37H53N5O3S/c1-24(2)33-32(23-43)45-42(34(33)35(44)39-31-20-28-19-30(25(31)3)37(28,4)5)22-27-12-9-13-29(18-27)40-14-16-41(17-15-40)36(46)38-21-26-10-7-6-8-11-26/h6-13,18,24-25,28,30-34,43H,14-17,19-23H2,1-5H3,(H,38,46)(H,39,44)/t25-,28+,30-,31-,32-,33+,34-/m0/s1. The van der Waals surface area contributed by atoms with Crippen LogP contribution < -0.4 is 15.5 Å². The third-order valence-electron chi connectivity index (χ3n) is 11.7. The van der Waals surface area contributed by atoms with E-state index >= 15 is 0 Å². The summed E-state index contributed by atoms with van der Waals surface area (Å²) in [5.41, 5.74) is 3.84. The number of rotatable bonds is 9. The summed E-state index contributed by atoms with van der Waals surface area (Å²) < 4.78 is 0. The van der Waals surface area contributed by atoms with Crippen molar-refractivity contribution in [1.82, 2.24) is 20.6 Å². The predicted molar refractivity (Wildman–Crippen MR) is 187 cm³/mol. The van der Waals surface area contributed by atoms with Crippen LogP contribution in [0.4, 0.5) is 5.69 Å². The van der Waals surface area contributed by atoms with Gasteiger partial charge in [0.1, 0.15) is 12.1 Å². The second kappa shape index (κ2) is 13.8. The van der Waals surface area contributed by atoms with Gasteiger partial charge in [0.05, 0.1) is 13.2 Å². The van der Waals surface area contributed by atoms with Gasteiger partial charge in [0.25, 0.3) is 0 Å². The van der Waals surface area contributed by atoms with Crippen molar-refractivity contribution in [1.29, 1.82) is 0 Å². The third kappa shape index (κ3) is 6.66. The van der Waals surface area contributed by atoms with Gasteiger partial charge in [0.15, 0.2) is 5.11 Å². The van der Waals surface area contributed by atoms with Gasteiger partial charge in [0, 0.05) is 50.4 Å². The predicted octanol–water partition coefficient (Wildman–Crippen LogP) is 4.82. The Labute approximate surface area is 280 Å². The van der Waals surface area contributed by atoms with Gasteiger partial charge in [-0.2, -0.15) is 5.06 Å². The minimum Gasteiger partial charge on any atom is -0.394 e. The van der Waals surface area contributed by atoms with Gasteiger partial charge in [-0.1, -0.05) is 77.1 Å². The van der Waals surface area contributed by atoms with Gasteiger partial charge >= 0.3 is 0 Å². The number of carbonyl (C=O) groups excluding carboxylic acids is 1. The molecule has 7 rings (SSSR count). The van der Waals surface area contributed by atoms with E-state index < -0.39 is 12.1 Å². The maximum Gasteiger partial charge on any atom is 0.240 e. The smallest absolute Gasteiger partial charge is 0.240 e. The summed E-state index contributed by atoms with van der Waals surface area (Å²) in [4.78, 5) is 25.1. The van der Waals surface area contributed by atoms with E-state index in [1.807, 2.05) is 23.3 Å². The molecule has 1 amide bonds. The van der Waals surface area contributed by atoms with Crippen molar-refractivity contribution >= 4 is 28.9 Å². The molecule has 0 spiro atoms. The first-order valence-electron chi connectivity index (χ1n) is 17.3. The third-order valence-corrected chi connectivity index (χ3v) is 12.1. The Hall–Kier alpha value is -2.72. The average Bonchev–Trinajstić information content (AvgIpc) is 3.43. The zero-order chi connectivity index (χ0) is 32.6. The molecule has 250 valence electrons. The molecule has 2 aromatic carbocycles. The first-order valence-corrected chi connectivity index (χ1v) is 17.7. The number of fused-ring (bicyclic) bond motifs is 2. The Morgan fingerprint density at radius 2 is 1.76 bits per heavy atom. The summed E-state index contributed by atoms with van der Waals surface area (Å²) in [7, 11) is 0. The first kappa shape index (κ1) is 33.2. The van der Waals surface area contributed by atoms with Gasteiger partial charge in [-0.3, -0.25) is 9.63 Å². The minimum atomic E-state index is -0.452. The number of aliphatic hydroxyl groups excluding tert-OH is 1. The molecular weight excluding hydrogens is 595 g/mol. The van der Waals surface area contributed by atoms with Crippen molar-refractivity contribution in [2.75, 3.05) is 37.7 Å². The second-order valence-electron chi connectivity index (χ2n) is 15.0. The highest BCUT2D eigenvalue weighted by molar-refractivity contribution is 7.80. The molecule has 2 bridgehead atoms. The Morgan fingerprint density at radius 1 is 1.04 bits per heavy atom. The van der Waals surface area contributed by atoms with Gasteiger partial charge < -0.3 is 25.5 Å².